The Kier molecular flexibility index (Phi) is 3.66. The fourth-order valence-corrected chi connectivity index (χ4v) is 4.65. The maximum Gasteiger partial charge on any atom is 0.139 e. The number of pyridine rings is 1. The van der Waals surface area contributed by atoms with E-state index in [1.807, 2.05) is 12.4 Å². The Balaban J connectivity index is 1.28. The fraction of sp³-hybridized carbons (Fsp3) is 0.476. The predicted molar refractivity (Wildman–Crippen MR) is 99.2 cm³/mol. The van der Waals surface area contributed by atoms with Crippen LogP contribution in [0, 0.1) is 5.92 Å². The van der Waals surface area contributed by atoms with E-state index in [2.05, 4.69) is 51.6 Å². The molecule has 4 nitrogen and oxygen atoms in total. The van der Waals surface area contributed by atoms with Gasteiger partial charge in [-0.05, 0) is 37.3 Å². The third-order valence-corrected chi connectivity index (χ3v) is 6.17. The SMILES string of the molecule is c1ccc(C23CC2CN(c2cncc(OCC4CCCN4)c2)C3)cc1. The number of hydrogen-bond acceptors (Lipinski definition) is 4. The molecule has 0 radical (unpaired) electrons. The lowest BCUT2D eigenvalue weighted by molar-refractivity contribution is 0.276. The zero-order valence-electron chi connectivity index (χ0n) is 14.5. The molecule has 4 heteroatoms. The molecule has 1 aromatic heterocycles. The lowest BCUT2D eigenvalue weighted by Crippen LogP contribution is -2.28. The molecule has 2 aliphatic heterocycles. The first-order chi connectivity index (χ1) is 12.3. The fourth-order valence-electron chi connectivity index (χ4n) is 4.65. The molecule has 130 valence electrons. The smallest absolute Gasteiger partial charge is 0.139 e. The maximum absolute atomic E-state index is 5.99. The monoisotopic (exact) mass is 335 g/mol. The van der Waals surface area contributed by atoms with Gasteiger partial charge in [0.25, 0.3) is 0 Å². The van der Waals surface area contributed by atoms with Crippen LogP contribution in [0.4, 0.5) is 5.69 Å². The molecule has 1 aliphatic carbocycles. The molecule has 3 atom stereocenters. The Hall–Kier alpha value is -2.07. The van der Waals surface area contributed by atoms with Crippen molar-refractivity contribution in [1.29, 1.82) is 0 Å². The van der Waals surface area contributed by atoms with Gasteiger partial charge in [-0.25, -0.2) is 0 Å². The van der Waals surface area contributed by atoms with Gasteiger partial charge >= 0.3 is 0 Å². The van der Waals surface area contributed by atoms with Gasteiger partial charge in [0.2, 0.25) is 0 Å². The molecule has 0 bridgehead atoms. The summed E-state index contributed by atoms with van der Waals surface area (Å²) in [6, 6.07) is 13.7. The molecule has 1 aromatic carbocycles. The topological polar surface area (TPSA) is 37.4 Å². The Morgan fingerprint density at radius 3 is 3.00 bits per heavy atom. The van der Waals surface area contributed by atoms with Gasteiger partial charge in [0.05, 0.1) is 18.1 Å². The van der Waals surface area contributed by atoms with Crippen molar-refractivity contribution in [3.63, 3.8) is 0 Å². The molecule has 25 heavy (non-hydrogen) atoms. The van der Waals surface area contributed by atoms with Crippen molar-refractivity contribution in [2.75, 3.05) is 31.1 Å². The molecule has 2 aromatic rings. The zero-order chi connectivity index (χ0) is 16.7. The van der Waals surface area contributed by atoms with Gasteiger partial charge in [0.1, 0.15) is 12.4 Å². The first-order valence-corrected chi connectivity index (χ1v) is 9.45. The zero-order valence-corrected chi connectivity index (χ0v) is 14.5. The van der Waals surface area contributed by atoms with Crippen LogP contribution in [0.3, 0.4) is 0 Å². The van der Waals surface area contributed by atoms with Crippen LogP contribution in [-0.2, 0) is 5.41 Å². The molecule has 0 spiro atoms. The van der Waals surface area contributed by atoms with Gasteiger partial charge in [0, 0.05) is 30.6 Å². The first-order valence-electron chi connectivity index (χ1n) is 9.45. The van der Waals surface area contributed by atoms with Crippen LogP contribution in [0.1, 0.15) is 24.8 Å². The number of anilines is 1. The number of nitrogens with zero attached hydrogens (tertiary/aromatic N) is 2. The number of nitrogens with one attached hydrogen (secondary N) is 1. The van der Waals surface area contributed by atoms with E-state index in [-0.39, 0.29) is 0 Å². The Morgan fingerprint density at radius 2 is 2.16 bits per heavy atom. The van der Waals surface area contributed by atoms with Gasteiger partial charge in [-0.15, -0.1) is 0 Å². The second kappa shape index (κ2) is 6.03. The highest BCUT2D eigenvalue weighted by atomic mass is 16.5. The Morgan fingerprint density at radius 1 is 1.24 bits per heavy atom. The molecule has 2 saturated heterocycles. The molecule has 3 fully saturated rings. The van der Waals surface area contributed by atoms with Crippen LogP contribution in [0.25, 0.3) is 0 Å². The van der Waals surface area contributed by atoms with Crippen LogP contribution < -0.4 is 15.0 Å². The highest BCUT2D eigenvalue weighted by Gasteiger charge is 2.60. The highest BCUT2D eigenvalue weighted by Crippen LogP contribution is 2.59. The molecule has 1 saturated carbocycles. The van der Waals surface area contributed by atoms with Gasteiger partial charge in [-0.2, -0.15) is 0 Å². The summed E-state index contributed by atoms with van der Waals surface area (Å²) in [5.74, 6) is 1.67. The molecule has 5 rings (SSSR count). The van der Waals surface area contributed by atoms with Crippen LogP contribution in [0.15, 0.2) is 48.8 Å². The molecule has 3 unspecified atom stereocenters. The lowest BCUT2D eigenvalue weighted by Gasteiger charge is -2.23. The van der Waals surface area contributed by atoms with E-state index in [0.29, 0.717) is 11.5 Å². The van der Waals surface area contributed by atoms with E-state index in [9.17, 15) is 0 Å². The van der Waals surface area contributed by atoms with E-state index in [4.69, 9.17) is 4.74 Å². The number of hydrogen-bond donors (Lipinski definition) is 1. The van der Waals surface area contributed by atoms with E-state index in [0.717, 1.165) is 37.9 Å². The van der Waals surface area contributed by atoms with Crippen molar-refractivity contribution in [2.45, 2.75) is 30.7 Å². The van der Waals surface area contributed by atoms with Crippen molar-refractivity contribution < 1.29 is 4.74 Å². The number of rotatable bonds is 5. The minimum Gasteiger partial charge on any atom is -0.490 e. The van der Waals surface area contributed by atoms with E-state index in [1.54, 1.807) is 0 Å². The molecular weight excluding hydrogens is 310 g/mol. The lowest BCUT2D eigenvalue weighted by atomic mass is 9.95. The number of benzene rings is 1. The summed E-state index contributed by atoms with van der Waals surface area (Å²) >= 11 is 0. The Labute approximate surface area is 149 Å². The minimum absolute atomic E-state index is 0.367. The third kappa shape index (κ3) is 2.78. The van der Waals surface area contributed by atoms with Gasteiger partial charge in [0.15, 0.2) is 0 Å². The molecule has 0 amide bonds. The molecular formula is C21H25N3O. The van der Waals surface area contributed by atoms with Crippen LogP contribution >= 0.6 is 0 Å². The summed E-state index contributed by atoms with van der Waals surface area (Å²) in [4.78, 5) is 6.90. The summed E-state index contributed by atoms with van der Waals surface area (Å²) < 4.78 is 5.99. The largest absolute Gasteiger partial charge is 0.490 e. The van der Waals surface area contributed by atoms with Gasteiger partial charge in [-0.3, -0.25) is 4.98 Å². The number of piperidine rings is 1. The summed E-state index contributed by atoms with van der Waals surface area (Å²) in [7, 11) is 0. The summed E-state index contributed by atoms with van der Waals surface area (Å²) in [5, 5.41) is 3.48. The van der Waals surface area contributed by atoms with Gasteiger partial charge < -0.3 is 15.0 Å². The normalized spacial score (nSPS) is 30.3. The molecule has 1 N–H and O–H groups in total. The second-order valence-electron chi connectivity index (χ2n) is 7.79. The van der Waals surface area contributed by atoms with E-state index < -0.39 is 0 Å². The second-order valence-corrected chi connectivity index (χ2v) is 7.79. The third-order valence-electron chi connectivity index (χ3n) is 6.17. The quantitative estimate of drug-likeness (QED) is 0.911. The van der Waals surface area contributed by atoms with Crippen LogP contribution in [-0.4, -0.2) is 37.3 Å². The summed E-state index contributed by atoms with van der Waals surface area (Å²) in [6.07, 6.45) is 7.60. The van der Waals surface area contributed by atoms with Gasteiger partial charge in [-0.1, -0.05) is 30.3 Å². The van der Waals surface area contributed by atoms with E-state index in [1.165, 1.54) is 30.5 Å². The maximum atomic E-state index is 5.99. The number of aromatic nitrogens is 1. The van der Waals surface area contributed by atoms with E-state index >= 15 is 0 Å². The average molecular weight is 335 g/mol. The predicted octanol–water partition coefficient (Wildman–Crippen LogP) is 2.99. The first kappa shape index (κ1) is 15.2. The average Bonchev–Trinajstić information content (AvgIpc) is 3.04. The minimum atomic E-state index is 0.367. The van der Waals surface area contributed by atoms with Crippen molar-refractivity contribution in [3.05, 3.63) is 54.4 Å². The summed E-state index contributed by atoms with van der Waals surface area (Å²) in [5.41, 5.74) is 3.06. The summed E-state index contributed by atoms with van der Waals surface area (Å²) in [6.45, 7) is 4.08. The highest BCUT2D eigenvalue weighted by molar-refractivity contribution is 5.54. The number of fused-ring (bicyclic) bond motifs is 1. The Bertz CT molecular complexity index is 744. The van der Waals surface area contributed by atoms with Crippen molar-refractivity contribution >= 4 is 5.69 Å². The molecule has 3 heterocycles. The van der Waals surface area contributed by atoms with Crippen molar-refractivity contribution in [2.24, 2.45) is 5.92 Å². The van der Waals surface area contributed by atoms with Crippen molar-refractivity contribution in [3.8, 4) is 5.75 Å². The van der Waals surface area contributed by atoms with Crippen molar-refractivity contribution in [1.82, 2.24) is 10.3 Å². The van der Waals surface area contributed by atoms with Crippen LogP contribution in [0.2, 0.25) is 0 Å². The number of ether oxygens (including phenoxy) is 1. The van der Waals surface area contributed by atoms with Crippen LogP contribution in [0.5, 0.6) is 5.75 Å². The standard InChI is InChI=1S/C21H25N3O/c1-2-5-16(6-3-1)21-10-17(21)13-24(15-21)19-9-20(12-22-11-19)25-14-18-7-4-8-23-18/h1-3,5-6,9,11-12,17-18,23H,4,7-8,10,13-15H2. The molecule has 3 aliphatic rings.